The second-order valence-corrected chi connectivity index (χ2v) is 8.67. The first-order valence-corrected chi connectivity index (χ1v) is 11.1. The van der Waals surface area contributed by atoms with Gasteiger partial charge in [-0.1, -0.05) is 42.5 Å². The quantitative estimate of drug-likeness (QED) is 0.352. The van der Waals surface area contributed by atoms with E-state index < -0.39 is 0 Å². The Morgan fingerprint density at radius 1 is 0.968 bits per heavy atom. The Morgan fingerprint density at radius 3 is 2.42 bits per heavy atom. The van der Waals surface area contributed by atoms with Crippen LogP contribution in [0, 0.1) is 10.5 Å². The lowest BCUT2D eigenvalue weighted by molar-refractivity contribution is 0.0785. The van der Waals surface area contributed by atoms with Gasteiger partial charge in [0.25, 0.3) is 11.8 Å². The molecule has 0 aliphatic rings. The number of carbonyl (C=O) groups excluding carboxylic acids is 2. The number of hydrogen-bond donors (Lipinski definition) is 2. The molecule has 0 saturated carbocycles. The van der Waals surface area contributed by atoms with Crippen molar-refractivity contribution in [3.63, 3.8) is 0 Å². The van der Waals surface area contributed by atoms with Crippen LogP contribution in [0.3, 0.4) is 0 Å². The van der Waals surface area contributed by atoms with Crippen molar-refractivity contribution in [1.29, 1.82) is 0 Å². The fourth-order valence-electron chi connectivity index (χ4n) is 2.95. The zero-order valence-electron chi connectivity index (χ0n) is 17.2. The van der Waals surface area contributed by atoms with Gasteiger partial charge < -0.3 is 10.2 Å². The average molecular weight is 543 g/mol. The van der Waals surface area contributed by atoms with Crippen LogP contribution >= 0.6 is 34.8 Å². The van der Waals surface area contributed by atoms with Gasteiger partial charge in [-0.3, -0.25) is 14.9 Å². The molecule has 3 rings (SSSR count). The maximum Gasteiger partial charge on any atom is 0.257 e. The predicted molar refractivity (Wildman–Crippen MR) is 136 cm³/mol. The number of nitrogens with zero attached hydrogens (tertiary/aromatic N) is 1. The van der Waals surface area contributed by atoms with E-state index in [2.05, 4.69) is 33.2 Å². The second kappa shape index (κ2) is 10.5. The molecule has 0 unspecified atom stereocenters. The predicted octanol–water partition coefficient (Wildman–Crippen LogP) is 5.00. The molecule has 0 bridgehead atoms. The van der Waals surface area contributed by atoms with Gasteiger partial charge in [0.15, 0.2) is 5.11 Å². The minimum absolute atomic E-state index is 0.100. The van der Waals surface area contributed by atoms with E-state index in [0.717, 1.165) is 14.7 Å². The Hall–Kier alpha value is -2.78. The van der Waals surface area contributed by atoms with E-state index >= 15 is 0 Å². The molecule has 3 aromatic rings. The third-order valence-corrected chi connectivity index (χ3v) is 6.00. The number of anilines is 1. The lowest BCUT2D eigenvalue weighted by Crippen LogP contribution is -2.34. The molecule has 0 spiro atoms. The molecule has 31 heavy (non-hydrogen) atoms. The largest absolute Gasteiger partial charge is 0.337 e. The van der Waals surface area contributed by atoms with Crippen molar-refractivity contribution in [3.05, 3.63) is 98.6 Å². The Kier molecular flexibility index (Phi) is 7.75. The summed E-state index contributed by atoms with van der Waals surface area (Å²) in [7, 11) is 1.77. The molecule has 2 amide bonds. The van der Waals surface area contributed by atoms with E-state index in [9.17, 15) is 9.59 Å². The van der Waals surface area contributed by atoms with Gasteiger partial charge in [0.2, 0.25) is 0 Å². The van der Waals surface area contributed by atoms with E-state index in [4.69, 9.17) is 12.2 Å². The SMILES string of the molecule is Cc1ccc(C(=O)NC(=S)Nc2cccc(C(=O)N(C)Cc3ccccc3)c2)cc1I. The monoisotopic (exact) mass is 543 g/mol. The first-order chi connectivity index (χ1) is 14.8. The lowest BCUT2D eigenvalue weighted by atomic mass is 10.1. The fourth-order valence-corrected chi connectivity index (χ4v) is 3.68. The van der Waals surface area contributed by atoms with Gasteiger partial charge in [0.1, 0.15) is 0 Å². The van der Waals surface area contributed by atoms with Crippen molar-refractivity contribution in [3.8, 4) is 0 Å². The van der Waals surface area contributed by atoms with Gasteiger partial charge in [-0.05, 0) is 83.2 Å². The summed E-state index contributed by atoms with van der Waals surface area (Å²) in [6.07, 6.45) is 0. The van der Waals surface area contributed by atoms with Crippen LogP contribution in [0.25, 0.3) is 0 Å². The van der Waals surface area contributed by atoms with Crippen LogP contribution in [0.5, 0.6) is 0 Å². The van der Waals surface area contributed by atoms with Crippen molar-refractivity contribution in [1.82, 2.24) is 10.2 Å². The molecule has 0 aliphatic carbocycles. The molecule has 158 valence electrons. The molecule has 0 aromatic heterocycles. The zero-order chi connectivity index (χ0) is 22.4. The summed E-state index contributed by atoms with van der Waals surface area (Å²) in [6.45, 7) is 2.50. The minimum atomic E-state index is -0.287. The summed E-state index contributed by atoms with van der Waals surface area (Å²) < 4.78 is 1.01. The summed E-state index contributed by atoms with van der Waals surface area (Å²) in [4.78, 5) is 26.9. The van der Waals surface area contributed by atoms with Crippen molar-refractivity contribution < 1.29 is 9.59 Å². The standard InChI is InChI=1S/C24H22IN3O2S/c1-16-11-12-18(14-21(16)25)22(29)27-24(31)26-20-10-6-9-19(13-20)23(30)28(2)15-17-7-4-3-5-8-17/h3-14H,15H2,1-2H3,(H2,26,27,29,31). The molecule has 0 fully saturated rings. The van der Waals surface area contributed by atoms with Crippen molar-refractivity contribution >= 4 is 57.4 Å². The first-order valence-electron chi connectivity index (χ1n) is 9.61. The Morgan fingerprint density at radius 2 is 1.71 bits per heavy atom. The lowest BCUT2D eigenvalue weighted by Gasteiger charge is -2.18. The number of benzene rings is 3. The van der Waals surface area contributed by atoms with E-state index in [1.807, 2.05) is 49.4 Å². The summed E-state index contributed by atoms with van der Waals surface area (Å²) in [5.41, 5.74) is 3.86. The highest BCUT2D eigenvalue weighted by molar-refractivity contribution is 14.1. The van der Waals surface area contributed by atoms with Gasteiger partial charge in [0, 0.05) is 34.0 Å². The number of thiocarbonyl (C=S) groups is 1. The van der Waals surface area contributed by atoms with Crippen LogP contribution in [-0.2, 0) is 6.54 Å². The van der Waals surface area contributed by atoms with Crippen LogP contribution in [0.15, 0.2) is 72.8 Å². The van der Waals surface area contributed by atoms with Crippen molar-refractivity contribution in [2.75, 3.05) is 12.4 Å². The van der Waals surface area contributed by atoms with Crippen LogP contribution in [0.2, 0.25) is 0 Å². The molecular weight excluding hydrogens is 521 g/mol. The molecule has 0 radical (unpaired) electrons. The first kappa shape index (κ1) is 22.9. The zero-order valence-corrected chi connectivity index (χ0v) is 20.2. The van der Waals surface area contributed by atoms with E-state index in [0.29, 0.717) is 23.4 Å². The number of aryl methyl sites for hydroxylation is 1. The van der Waals surface area contributed by atoms with Gasteiger partial charge in [-0.2, -0.15) is 0 Å². The molecule has 0 saturated heterocycles. The van der Waals surface area contributed by atoms with Crippen LogP contribution in [0.1, 0.15) is 31.8 Å². The van der Waals surface area contributed by atoms with Crippen LogP contribution < -0.4 is 10.6 Å². The number of hydrogen-bond acceptors (Lipinski definition) is 3. The Labute approximate surface area is 201 Å². The normalized spacial score (nSPS) is 10.3. The Bertz CT molecular complexity index is 1120. The van der Waals surface area contributed by atoms with Crippen LogP contribution in [-0.4, -0.2) is 28.9 Å². The van der Waals surface area contributed by atoms with Gasteiger partial charge >= 0.3 is 0 Å². The summed E-state index contributed by atoms with van der Waals surface area (Å²) in [5.74, 6) is -0.387. The number of rotatable bonds is 5. The van der Waals surface area contributed by atoms with Crippen molar-refractivity contribution in [2.24, 2.45) is 0 Å². The molecule has 3 aromatic carbocycles. The summed E-state index contributed by atoms with van der Waals surface area (Å²) in [5, 5.41) is 5.83. The third kappa shape index (κ3) is 6.35. The van der Waals surface area contributed by atoms with E-state index in [1.165, 1.54) is 0 Å². The van der Waals surface area contributed by atoms with E-state index in [1.54, 1.807) is 42.3 Å². The maximum absolute atomic E-state index is 12.8. The average Bonchev–Trinajstić information content (AvgIpc) is 2.75. The molecule has 0 aliphatic heterocycles. The maximum atomic E-state index is 12.8. The molecule has 0 heterocycles. The summed E-state index contributed by atoms with van der Waals surface area (Å²) >= 11 is 7.47. The fraction of sp³-hybridized carbons (Fsp3) is 0.125. The smallest absolute Gasteiger partial charge is 0.257 e. The van der Waals surface area contributed by atoms with Gasteiger partial charge in [-0.25, -0.2) is 0 Å². The number of nitrogens with one attached hydrogen (secondary N) is 2. The number of amides is 2. The second-order valence-electron chi connectivity index (χ2n) is 7.10. The van der Waals surface area contributed by atoms with Gasteiger partial charge in [-0.15, -0.1) is 0 Å². The topological polar surface area (TPSA) is 61.4 Å². The molecule has 5 nitrogen and oxygen atoms in total. The summed E-state index contributed by atoms with van der Waals surface area (Å²) in [6, 6.07) is 22.3. The molecular formula is C24H22IN3O2S. The highest BCUT2D eigenvalue weighted by Gasteiger charge is 2.14. The third-order valence-electron chi connectivity index (χ3n) is 4.64. The minimum Gasteiger partial charge on any atom is -0.337 e. The van der Waals surface area contributed by atoms with E-state index in [-0.39, 0.29) is 16.9 Å². The molecule has 0 atom stereocenters. The molecule has 2 N–H and O–H groups in total. The number of halogens is 1. The van der Waals surface area contributed by atoms with Crippen molar-refractivity contribution in [2.45, 2.75) is 13.5 Å². The highest BCUT2D eigenvalue weighted by atomic mass is 127. The van der Waals surface area contributed by atoms with Gasteiger partial charge in [0.05, 0.1) is 0 Å². The number of carbonyl (C=O) groups is 2. The van der Waals surface area contributed by atoms with Crippen LogP contribution in [0.4, 0.5) is 5.69 Å². The highest BCUT2D eigenvalue weighted by Crippen LogP contribution is 2.15. The molecule has 7 heteroatoms. The Balaban J connectivity index is 1.62.